The van der Waals surface area contributed by atoms with Crippen molar-refractivity contribution in [2.75, 3.05) is 25.0 Å². The number of likely N-dealkylation sites (tertiary alicyclic amines) is 1. The first kappa shape index (κ1) is 26.0. The smallest absolute Gasteiger partial charge is 0.350 e. The van der Waals surface area contributed by atoms with Gasteiger partial charge < -0.3 is 10.1 Å². The first-order valence-corrected chi connectivity index (χ1v) is 14.6. The zero-order valence-corrected chi connectivity index (χ0v) is 23.2. The molecule has 2 aliphatic rings. The number of thiazole rings is 1. The van der Waals surface area contributed by atoms with Gasteiger partial charge in [0.05, 0.1) is 24.2 Å². The van der Waals surface area contributed by atoms with Crippen molar-refractivity contribution >= 4 is 49.9 Å². The van der Waals surface area contributed by atoms with E-state index in [9.17, 15) is 14.4 Å². The molecule has 0 aromatic carbocycles. The van der Waals surface area contributed by atoms with E-state index >= 15 is 0 Å². The molecular weight excluding hydrogens is 510 g/mol. The quantitative estimate of drug-likeness (QED) is 0.426. The van der Waals surface area contributed by atoms with Crippen LogP contribution in [0.1, 0.15) is 71.2 Å². The van der Waals surface area contributed by atoms with Gasteiger partial charge in [-0.15, -0.1) is 11.3 Å². The minimum atomic E-state index is -0.440. The number of aryl methyl sites for hydroxylation is 3. The van der Waals surface area contributed by atoms with E-state index < -0.39 is 5.97 Å². The van der Waals surface area contributed by atoms with Crippen LogP contribution in [0, 0.1) is 12.8 Å². The molecule has 1 saturated heterocycles. The number of amides is 1. The fraction of sp³-hybridized carbons (Fsp3) is 0.577. The van der Waals surface area contributed by atoms with Gasteiger partial charge in [0, 0.05) is 4.88 Å². The normalized spacial score (nSPS) is 15.9. The average molecular weight is 544 g/mol. The molecule has 1 aliphatic carbocycles. The highest BCUT2D eigenvalue weighted by Gasteiger charge is 2.25. The lowest BCUT2D eigenvalue weighted by molar-refractivity contribution is -0.116. The number of carbonyl (C=O) groups excluding carboxylic acids is 2. The third-order valence-electron chi connectivity index (χ3n) is 6.80. The summed E-state index contributed by atoms with van der Waals surface area (Å²) in [5.41, 5.74) is 1.49. The average Bonchev–Trinajstić information content (AvgIpc) is 3.58. The Bertz CT molecular complexity index is 1380. The Morgan fingerprint density at radius 2 is 1.84 bits per heavy atom. The number of thiophene rings is 1. The van der Waals surface area contributed by atoms with Crippen molar-refractivity contribution in [3.05, 3.63) is 37.2 Å². The Hall–Kier alpha value is -2.63. The second-order valence-corrected chi connectivity index (χ2v) is 12.4. The van der Waals surface area contributed by atoms with E-state index in [0.29, 0.717) is 40.1 Å². The summed E-state index contributed by atoms with van der Waals surface area (Å²) in [5, 5.41) is 3.78. The lowest BCUT2D eigenvalue weighted by atomic mass is 9.97. The number of hydrogen-bond acceptors (Lipinski definition) is 9. The van der Waals surface area contributed by atoms with Gasteiger partial charge in [0.15, 0.2) is 5.13 Å². The Morgan fingerprint density at radius 3 is 2.59 bits per heavy atom. The summed E-state index contributed by atoms with van der Waals surface area (Å²) >= 11 is 2.72. The monoisotopic (exact) mass is 543 g/mol. The van der Waals surface area contributed by atoms with Crippen molar-refractivity contribution in [2.45, 2.75) is 72.4 Å². The fourth-order valence-electron chi connectivity index (χ4n) is 4.95. The molecule has 3 aromatic rings. The molecular formula is C26H33N5O4S2. The van der Waals surface area contributed by atoms with Crippen LogP contribution in [0.5, 0.6) is 0 Å². The van der Waals surface area contributed by atoms with Gasteiger partial charge in [-0.1, -0.05) is 25.2 Å². The molecule has 1 fully saturated rings. The Balaban J connectivity index is 1.41. The summed E-state index contributed by atoms with van der Waals surface area (Å²) in [6.45, 7) is 8.30. The Kier molecular flexibility index (Phi) is 7.73. The van der Waals surface area contributed by atoms with Crippen LogP contribution in [0.2, 0.25) is 0 Å². The van der Waals surface area contributed by atoms with E-state index in [2.05, 4.69) is 15.2 Å². The van der Waals surface area contributed by atoms with Gasteiger partial charge in [0.25, 0.3) is 5.56 Å². The van der Waals surface area contributed by atoms with E-state index in [0.717, 1.165) is 73.3 Å². The van der Waals surface area contributed by atoms with E-state index in [4.69, 9.17) is 9.72 Å². The molecule has 11 heteroatoms. The third kappa shape index (κ3) is 5.63. The molecule has 1 amide bonds. The van der Waals surface area contributed by atoms with Crippen LogP contribution in [0.3, 0.4) is 0 Å². The zero-order chi connectivity index (χ0) is 26.1. The maximum atomic E-state index is 13.8. The topological polar surface area (TPSA) is 106 Å². The van der Waals surface area contributed by atoms with Crippen molar-refractivity contribution < 1.29 is 14.3 Å². The van der Waals surface area contributed by atoms with Gasteiger partial charge in [-0.3, -0.25) is 19.1 Å². The number of aromatic nitrogens is 3. The number of anilines is 1. The van der Waals surface area contributed by atoms with Crippen LogP contribution >= 0.6 is 22.7 Å². The molecule has 4 heterocycles. The summed E-state index contributed by atoms with van der Waals surface area (Å²) in [5.74, 6) is 0.0432. The van der Waals surface area contributed by atoms with E-state index in [-0.39, 0.29) is 23.9 Å². The van der Waals surface area contributed by atoms with Gasteiger partial charge in [-0.05, 0) is 70.0 Å². The summed E-state index contributed by atoms with van der Waals surface area (Å²) in [6, 6.07) is 0. The fourth-order valence-corrected chi connectivity index (χ4v) is 7.10. The van der Waals surface area contributed by atoms with E-state index in [1.54, 1.807) is 18.3 Å². The summed E-state index contributed by atoms with van der Waals surface area (Å²) in [6.07, 6.45) is 6.34. The number of rotatable bonds is 8. The van der Waals surface area contributed by atoms with Gasteiger partial charge >= 0.3 is 5.97 Å². The van der Waals surface area contributed by atoms with Crippen molar-refractivity contribution in [2.24, 2.45) is 5.92 Å². The van der Waals surface area contributed by atoms with Crippen molar-refractivity contribution in [3.8, 4) is 0 Å². The highest BCUT2D eigenvalue weighted by Crippen LogP contribution is 2.34. The van der Waals surface area contributed by atoms with Crippen LogP contribution in [0.15, 0.2) is 4.79 Å². The van der Waals surface area contributed by atoms with Crippen molar-refractivity contribution in [1.29, 1.82) is 0 Å². The number of fused-ring (bicyclic) bond motifs is 3. The standard InChI is InChI=1S/C26H33N5O4S2/c1-15(2)14-35-25(34)22-16(3)27-26(37-22)29-20(32)13-31-19(12-30-10-6-7-11-30)28-23-21(24(31)33)17-8-4-5-9-18(17)36-23/h15H,4-14H2,1-3H3,(H,27,29,32). The maximum absolute atomic E-state index is 13.8. The molecule has 5 rings (SSSR count). The summed E-state index contributed by atoms with van der Waals surface area (Å²) in [4.78, 5) is 53.3. The molecule has 0 saturated carbocycles. The number of ether oxygens (including phenoxy) is 1. The van der Waals surface area contributed by atoms with Gasteiger partial charge in [0.1, 0.15) is 22.1 Å². The molecule has 1 aliphatic heterocycles. The summed E-state index contributed by atoms with van der Waals surface area (Å²) < 4.78 is 6.86. The molecule has 0 unspecified atom stereocenters. The van der Waals surface area contributed by atoms with Crippen LogP contribution in [-0.4, -0.2) is 51.0 Å². The van der Waals surface area contributed by atoms with E-state index in [1.165, 1.54) is 9.44 Å². The highest BCUT2D eigenvalue weighted by atomic mass is 32.1. The summed E-state index contributed by atoms with van der Waals surface area (Å²) in [7, 11) is 0. The van der Waals surface area contributed by atoms with Crippen LogP contribution in [0.4, 0.5) is 5.13 Å². The molecule has 198 valence electrons. The van der Waals surface area contributed by atoms with Gasteiger partial charge in [-0.2, -0.15) is 0 Å². The number of esters is 1. The highest BCUT2D eigenvalue weighted by molar-refractivity contribution is 7.19. The molecule has 0 spiro atoms. The molecule has 0 atom stereocenters. The number of nitrogens with one attached hydrogen (secondary N) is 1. The van der Waals surface area contributed by atoms with Crippen LogP contribution in [-0.2, 0) is 35.5 Å². The molecule has 1 N–H and O–H groups in total. The van der Waals surface area contributed by atoms with Crippen LogP contribution < -0.4 is 10.9 Å². The van der Waals surface area contributed by atoms with Gasteiger partial charge in [0.2, 0.25) is 5.91 Å². The van der Waals surface area contributed by atoms with E-state index in [1.807, 2.05) is 13.8 Å². The van der Waals surface area contributed by atoms with Crippen LogP contribution in [0.25, 0.3) is 10.2 Å². The first-order valence-electron chi connectivity index (χ1n) is 13.0. The molecule has 37 heavy (non-hydrogen) atoms. The predicted molar refractivity (Wildman–Crippen MR) is 146 cm³/mol. The Labute approximate surface area is 223 Å². The molecule has 0 radical (unpaired) electrons. The van der Waals surface area contributed by atoms with Gasteiger partial charge in [-0.25, -0.2) is 14.8 Å². The molecule has 0 bridgehead atoms. The lowest BCUT2D eigenvalue weighted by Crippen LogP contribution is -2.33. The SMILES string of the molecule is Cc1nc(NC(=O)Cn2c(CN3CCCC3)nc3sc4c(c3c2=O)CCCC4)sc1C(=O)OCC(C)C. The second-order valence-electron chi connectivity index (χ2n) is 10.3. The molecule has 9 nitrogen and oxygen atoms in total. The predicted octanol–water partition coefficient (Wildman–Crippen LogP) is 4.15. The van der Waals surface area contributed by atoms with Crippen molar-refractivity contribution in [1.82, 2.24) is 19.4 Å². The van der Waals surface area contributed by atoms with Crippen molar-refractivity contribution in [3.63, 3.8) is 0 Å². The first-order chi connectivity index (χ1) is 17.8. The lowest BCUT2D eigenvalue weighted by Gasteiger charge is -2.18. The number of carbonyl (C=O) groups is 2. The number of hydrogen-bond donors (Lipinski definition) is 1. The molecule has 3 aromatic heterocycles. The maximum Gasteiger partial charge on any atom is 0.350 e. The number of nitrogens with zero attached hydrogens (tertiary/aromatic N) is 4. The minimum absolute atomic E-state index is 0.137. The Morgan fingerprint density at radius 1 is 1.08 bits per heavy atom. The second kappa shape index (κ2) is 11.0. The zero-order valence-electron chi connectivity index (χ0n) is 21.6. The minimum Gasteiger partial charge on any atom is -0.461 e. The third-order valence-corrected chi connectivity index (χ3v) is 9.03. The largest absolute Gasteiger partial charge is 0.461 e.